The molecule has 14 heteroatoms. The van der Waals surface area contributed by atoms with Crippen molar-refractivity contribution in [2.24, 2.45) is 0 Å². The van der Waals surface area contributed by atoms with Crippen LogP contribution in [-0.4, -0.2) is 44.5 Å². The minimum absolute atomic E-state index is 0.0716. The Morgan fingerprint density at radius 2 is 1.36 bits per heavy atom. The first-order chi connectivity index (χ1) is 20.7. The van der Waals surface area contributed by atoms with Gasteiger partial charge in [-0.3, -0.25) is 10.1 Å². The SMILES string of the molecule is CC(C)(F)C[C@H](N[C@@H](c1ccc(-c2ccc(S(C)(=O)=O)cc2)cc1)C(F)(F)F)C(=O)N[C@H](C#N)Cc1ccc(C(F)(F)F)cc1. The number of hydrogen-bond donors (Lipinski definition) is 2. The number of benzene rings is 3. The molecule has 0 aliphatic heterocycles. The highest BCUT2D eigenvalue weighted by Crippen LogP contribution is 2.35. The molecule has 0 aliphatic rings. The molecule has 0 saturated heterocycles. The fraction of sp³-hybridized carbons (Fsp3) is 0.355. The van der Waals surface area contributed by atoms with E-state index < -0.39 is 63.9 Å². The van der Waals surface area contributed by atoms with E-state index in [4.69, 9.17) is 0 Å². The molecule has 0 fully saturated rings. The van der Waals surface area contributed by atoms with E-state index in [1.54, 1.807) is 6.07 Å². The molecule has 0 aliphatic carbocycles. The molecule has 0 saturated carbocycles. The number of carbonyl (C=O) groups is 1. The van der Waals surface area contributed by atoms with Gasteiger partial charge in [-0.15, -0.1) is 0 Å². The zero-order chi connectivity index (χ0) is 33.8. The second kappa shape index (κ2) is 13.6. The number of nitrogens with zero attached hydrogens (tertiary/aromatic N) is 1. The van der Waals surface area contributed by atoms with Gasteiger partial charge in [-0.2, -0.15) is 31.6 Å². The topological polar surface area (TPSA) is 99.1 Å². The van der Waals surface area contributed by atoms with Crippen molar-refractivity contribution in [3.05, 3.63) is 89.5 Å². The minimum Gasteiger partial charge on any atom is -0.339 e. The largest absolute Gasteiger partial charge is 0.416 e. The average molecular weight is 658 g/mol. The summed E-state index contributed by atoms with van der Waals surface area (Å²) in [6.07, 6.45) is -9.43. The van der Waals surface area contributed by atoms with Crippen LogP contribution >= 0.6 is 0 Å². The van der Waals surface area contributed by atoms with Gasteiger partial charge in [-0.1, -0.05) is 48.5 Å². The molecule has 0 aromatic heterocycles. The number of rotatable bonds is 11. The fourth-order valence-corrected chi connectivity index (χ4v) is 5.15. The third-order valence-corrected chi connectivity index (χ3v) is 7.88. The maximum Gasteiger partial charge on any atom is 0.416 e. The van der Waals surface area contributed by atoms with Crippen molar-refractivity contribution >= 4 is 15.7 Å². The Morgan fingerprint density at radius 3 is 1.78 bits per heavy atom. The van der Waals surface area contributed by atoms with Gasteiger partial charge in [0.2, 0.25) is 5.91 Å². The summed E-state index contributed by atoms with van der Waals surface area (Å²) in [5, 5.41) is 14.0. The lowest BCUT2D eigenvalue weighted by Crippen LogP contribution is -2.53. The summed E-state index contributed by atoms with van der Waals surface area (Å²) in [7, 11) is -3.45. The molecule has 3 aromatic carbocycles. The molecule has 0 radical (unpaired) electrons. The predicted octanol–water partition coefficient (Wildman–Crippen LogP) is 6.73. The Balaban J connectivity index is 1.83. The van der Waals surface area contributed by atoms with Gasteiger partial charge in [0.1, 0.15) is 17.8 Å². The van der Waals surface area contributed by atoms with Crippen molar-refractivity contribution in [2.45, 2.75) is 67.7 Å². The molecule has 6 nitrogen and oxygen atoms in total. The summed E-state index contributed by atoms with van der Waals surface area (Å²) in [4.78, 5) is 13.2. The minimum atomic E-state index is -4.94. The van der Waals surface area contributed by atoms with E-state index in [0.29, 0.717) is 11.1 Å². The zero-order valence-electron chi connectivity index (χ0n) is 24.3. The molecular formula is C31H30F7N3O3S. The summed E-state index contributed by atoms with van der Waals surface area (Å²) in [5.74, 6) is -1.10. The second-order valence-corrected chi connectivity index (χ2v) is 13.1. The van der Waals surface area contributed by atoms with Crippen LogP contribution in [0.5, 0.6) is 0 Å². The number of sulfone groups is 1. The van der Waals surface area contributed by atoms with E-state index in [1.807, 2.05) is 0 Å². The Kier molecular flexibility index (Phi) is 10.7. The van der Waals surface area contributed by atoms with Crippen LogP contribution in [0.15, 0.2) is 77.7 Å². The Hall–Kier alpha value is -3.96. The van der Waals surface area contributed by atoms with Crippen molar-refractivity contribution in [2.75, 3.05) is 6.26 Å². The normalized spacial score (nSPS) is 14.7. The van der Waals surface area contributed by atoms with Crippen LogP contribution in [0.1, 0.15) is 43.0 Å². The highest BCUT2D eigenvalue weighted by Gasteiger charge is 2.44. The molecule has 3 aromatic rings. The van der Waals surface area contributed by atoms with Crippen molar-refractivity contribution in [3.63, 3.8) is 0 Å². The summed E-state index contributed by atoms with van der Waals surface area (Å²) in [6, 6.07) is 10.9. The summed E-state index contributed by atoms with van der Waals surface area (Å²) >= 11 is 0. The number of hydrogen-bond acceptors (Lipinski definition) is 5. The van der Waals surface area contributed by atoms with E-state index >= 15 is 0 Å². The lowest BCUT2D eigenvalue weighted by Gasteiger charge is -2.30. The number of alkyl halides is 7. The molecule has 0 bridgehead atoms. The number of amides is 1. The van der Waals surface area contributed by atoms with E-state index in [0.717, 1.165) is 44.4 Å². The highest BCUT2D eigenvalue weighted by atomic mass is 32.2. The first-order valence-corrected chi connectivity index (χ1v) is 15.3. The van der Waals surface area contributed by atoms with Gasteiger partial charge in [-0.25, -0.2) is 12.8 Å². The highest BCUT2D eigenvalue weighted by molar-refractivity contribution is 7.90. The molecular weight excluding hydrogens is 627 g/mol. The van der Waals surface area contributed by atoms with Crippen LogP contribution in [0.25, 0.3) is 11.1 Å². The summed E-state index contributed by atoms with van der Waals surface area (Å²) < 4.78 is 120. The third-order valence-electron chi connectivity index (χ3n) is 6.75. The van der Waals surface area contributed by atoms with Gasteiger partial charge in [-0.05, 0) is 60.4 Å². The zero-order valence-corrected chi connectivity index (χ0v) is 25.1. The van der Waals surface area contributed by atoms with Crippen molar-refractivity contribution < 1.29 is 43.9 Å². The van der Waals surface area contributed by atoms with Crippen molar-refractivity contribution in [1.29, 1.82) is 5.26 Å². The Morgan fingerprint density at radius 1 is 0.844 bits per heavy atom. The number of nitriles is 1. The van der Waals surface area contributed by atoms with Crippen molar-refractivity contribution in [3.8, 4) is 17.2 Å². The van der Waals surface area contributed by atoms with Gasteiger partial charge >= 0.3 is 12.4 Å². The molecule has 3 atom stereocenters. The maximum atomic E-state index is 14.7. The van der Waals surface area contributed by atoms with Gasteiger partial charge < -0.3 is 5.32 Å². The Labute approximate surface area is 256 Å². The van der Waals surface area contributed by atoms with Gasteiger partial charge in [0.25, 0.3) is 0 Å². The lowest BCUT2D eigenvalue weighted by atomic mass is 9.96. The maximum absolute atomic E-state index is 14.7. The van der Waals surface area contributed by atoms with E-state index in [-0.39, 0.29) is 22.4 Å². The van der Waals surface area contributed by atoms with Gasteiger partial charge in [0, 0.05) is 19.1 Å². The quantitative estimate of drug-likeness (QED) is 0.223. The standard InChI is InChI=1S/C31H30F7N3O3S/c1-29(2,32)17-26(28(42)40-24(18-39)16-19-4-12-23(13-5-19)30(33,34)35)41-27(31(36,37)38)22-8-6-20(7-9-22)21-10-14-25(15-11-21)45(3,43)44/h4-15,24,26-27,41H,16-17H2,1-3H3,(H,40,42)/t24-,26-,27-/m0/s1. The van der Waals surface area contributed by atoms with E-state index in [9.17, 15) is 49.2 Å². The smallest absolute Gasteiger partial charge is 0.339 e. The van der Waals surface area contributed by atoms with Crippen LogP contribution in [-0.2, 0) is 27.2 Å². The summed E-state index contributed by atoms with van der Waals surface area (Å²) in [5.41, 5.74) is -2.05. The molecule has 0 heterocycles. The molecule has 0 spiro atoms. The summed E-state index contributed by atoms with van der Waals surface area (Å²) in [6.45, 7) is 2.15. The van der Waals surface area contributed by atoms with Gasteiger partial charge in [0.15, 0.2) is 9.84 Å². The van der Waals surface area contributed by atoms with Gasteiger partial charge in [0.05, 0.1) is 22.6 Å². The van der Waals surface area contributed by atoms with Crippen LogP contribution in [0.4, 0.5) is 30.7 Å². The van der Waals surface area contributed by atoms with Crippen LogP contribution in [0, 0.1) is 11.3 Å². The van der Waals surface area contributed by atoms with Crippen LogP contribution < -0.4 is 10.6 Å². The van der Waals surface area contributed by atoms with Crippen LogP contribution in [0.2, 0.25) is 0 Å². The molecule has 2 N–H and O–H groups in total. The predicted molar refractivity (Wildman–Crippen MR) is 153 cm³/mol. The monoisotopic (exact) mass is 657 g/mol. The van der Waals surface area contributed by atoms with E-state index in [2.05, 4.69) is 10.6 Å². The van der Waals surface area contributed by atoms with E-state index in [1.165, 1.54) is 48.5 Å². The lowest BCUT2D eigenvalue weighted by molar-refractivity contribution is -0.161. The molecule has 1 amide bonds. The van der Waals surface area contributed by atoms with Crippen LogP contribution in [0.3, 0.4) is 0 Å². The number of halogens is 7. The molecule has 0 unspecified atom stereocenters. The average Bonchev–Trinajstić information content (AvgIpc) is 2.93. The number of nitrogens with one attached hydrogen (secondary N) is 2. The molecule has 242 valence electrons. The molecule has 3 rings (SSSR count). The Bertz CT molecular complexity index is 1610. The fourth-order valence-electron chi connectivity index (χ4n) is 4.52. The second-order valence-electron chi connectivity index (χ2n) is 11.1. The van der Waals surface area contributed by atoms with Crippen molar-refractivity contribution in [1.82, 2.24) is 10.6 Å². The third kappa shape index (κ3) is 10.3. The first kappa shape index (κ1) is 35.5. The first-order valence-electron chi connectivity index (χ1n) is 13.5. The molecule has 45 heavy (non-hydrogen) atoms. The number of carbonyl (C=O) groups excluding carboxylic acids is 1.